The Morgan fingerprint density at radius 1 is 0.889 bits per heavy atom. The molecule has 0 spiro atoms. The second-order valence-corrected chi connectivity index (χ2v) is 7.53. The number of hydrogen-bond donors (Lipinski definition) is 1. The number of unbranched alkanes of at least 4 members (excludes halogenated alkanes) is 2. The van der Waals surface area contributed by atoms with Gasteiger partial charge in [-0.3, -0.25) is 0 Å². The number of nitrogens with two attached hydrogens (primary N) is 1. The first-order chi connectivity index (χ1) is 12.6. The molecule has 0 aliphatic carbocycles. The van der Waals surface area contributed by atoms with Gasteiger partial charge in [0, 0.05) is 11.8 Å². The van der Waals surface area contributed by atoms with Gasteiger partial charge in [0.25, 0.3) is 0 Å². The Labute approximate surface area is 174 Å². The van der Waals surface area contributed by atoms with Gasteiger partial charge in [0.2, 0.25) is 0 Å². The highest BCUT2D eigenvalue weighted by molar-refractivity contribution is 7.98. The zero-order chi connectivity index (χ0) is 18.8. The maximum atomic E-state index is 6.19. The lowest BCUT2D eigenvalue weighted by Crippen LogP contribution is -2.03. The zero-order valence-electron chi connectivity index (χ0n) is 16.6. The minimum atomic E-state index is 0. The van der Waals surface area contributed by atoms with E-state index in [9.17, 15) is 0 Å². The first kappa shape index (κ1) is 23.5. The van der Waals surface area contributed by atoms with Gasteiger partial charge >= 0.3 is 0 Å². The van der Waals surface area contributed by atoms with Crippen LogP contribution in [0.25, 0.3) is 0 Å². The number of aryl methyl sites for hydroxylation is 1. The summed E-state index contributed by atoms with van der Waals surface area (Å²) < 4.78 is 11.9. The van der Waals surface area contributed by atoms with E-state index in [1.54, 1.807) is 11.8 Å². The highest BCUT2D eigenvalue weighted by atomic mass is 35.5. The van der Waals surface area contributed by atoms with E-state index in [0.29, 0.717) is 18.9 Å². The molecule has 3 nitrogen and oxygen atoms in total. The summed E-state index contributed by atoms with van der Waals surface area (Å²) >= 11 is 1.77. The van der Waals surface area contributed by atoms with Crippen LogP contribution in [0.4, 0.5) is 5.69 Å². The average molecular weight is 410 g/mol. The minimum absolute atomic E-state index is 0. The topological polar surface area (TPSA) is 44.5 Å². The number of halogens is 1. The molecule has 0 atom stereocenters. The predicted octanol–water partition coefficient (Wildman–Crippen LogP) is 6.65. The standard InChI is InChI=1S/C22H31NO2S.ClH/c1-4-6-12-24-20-15-22(21(14-19(20)23)25-13-7-5-2)26-16-18-10-8-17(3)9-11-18;/h8-11,14-15H,4-7,12-13,16,23H2,1-3H3;1H. The Kier molecular flexibility index (Phi) is 11.1. The molecule has 0 saturated heterocycles. The molecule has 0 saturated carbocycles. The fourth-order valence-corrected chi connectivity index (χ4v) is 3.37. The first-order valence-corrected chi connectivity index (χ1v) is 10.5. The Hall–Kier alpha value is -1.52. The highest BCUT2D eigenvalue weighted by Crippen LogP contribution is 2.39. The van der Waals surface area contributed by atoms with Gasteiger partial charge in [0.05, 0.1) is 23.8 Å². The van der Waals surface area contributed by atoms with E-state index in [2.05, 4.69) is 45.0 Å². The molecule has 0 aliphatic rings. The number of benzene rings is 2. The van der Waals surface area contributed by atoms with Gasteiger partial charge in [-0.1, -0.05) is 56.5 Å². The van der Waals surface area contributed by atoms with E-state index in [1.807, 2.05) is 12.1 Å². The van der Waals surface area contributed by atoms with Crippen LogP contribution < -0.4 is 15.2 Å². The van der Waals surface area contributed by atoms with Crippen molar-refractivity contribution in [3.05, 3.63) is 47.5 Å². The maximum Gasteiger partial charge on any atom is 0.143 e. The summed E-state index contributed by atoms with van der Waals surface area (Å²) in [6.07, 6.45) is 4.28. The summed E-state index contributed by atoms with van der Waals surface area (Å²) in [5, 5.41) is 0. The monoisotopic (exact) mass is 409 g/mol. The third-order valence-electron chi connectivity index (χ3n) is 4.10. The number of hydrogen-bond acceptors (Lipinski definition) is 4. The van der Waals surface area contributed by atoms with Gasteiger partial charge in [-0.05, 0) is 31.4 Å². The molecule has 0 fully saturated rings. The first-order valence-electron chi connectivity index (χ1n) is 9.51. The average Bonchev–Trinajstić information content (AvgIpc) is 2.64. The van der Waals surface area contributed by atoms with Crippen LogP contribution >= 0.6 is 24.2 Å². The molecule has 0 aliphatic heterocycles. The van der Waals surface area contributed by atoms with Crippen molar-refractivity contribution in [2.24, 2.45) is 0 Å². The fraction of sp³-hybridized carbons (Fsp3) is 0.455. The predicted molar refractivity (Wildman–Crippen MR) is 120 cm³/mol. The summed E-state index contributed by atoms with van der Waals surface area (Å²) in [7, 11) is 0. The molecule has 150 valence electrons. The number of anilines is 1. The molecular formula is C22H32ClNO2S. The number of nitrogen functional groups attached to an aromatic ring is 1. The van der Waals surface area contributed by atoms with Gasteiger partial charge in [-0.25, -0.2) is 0 Å². The van der Waals surface area contributed by atoms with Crippen molar-refractivity contribution >= 4 is 29.9 Å². The van der Waals surface area contributed by atoms with E-state index in [0.717, 1.165) is 47.8 Å². The molecule has 0 bridgehead atoms. The Morgan fingerprint density at radius 3 is 2.07 bits per heavy atom. The normalized spacial score (nSPS) is 10.3. The van der Waals surface area contributed by atoms with Crippen LogP contribution in [0.2, 0.25) is 0 Å². The molecule has 0 radical (unpaired) electrons. The molecular weight excluding hydrogens is 378 g/mol. The number of rotatable bonds is 11. The van der Waals surface area contributed by atoms with Gasteiger partial charge < -0.3 is 15.2 Å². The molecule has 0 unspecified atom stereocenters. The maximum absolute atomic E-state index is 6.19. The van der Waals surface area contributed by atoms with Gasteiger partial charge in [0.1, 0.15) is 11.5 Å². The molecule has 2 aromatic carbocycles. The van der Waals surface area contributed by atoms with Crippen molar-refractivity contribution in [2.45, 2.75) is 57.1 Å². The van der Waals surface area contributed by atoms with Crippen LogP contribution in [-0.4, -0.2) is 13.2 Å². The van der Waals surface area contributed by atoms with Crippen molar-refractivity contribution in [3.8, 4) is 11.5 Å². The van der Waals surface area contributed by atoms with Crippen molar-refractivity contribution in [3.63, 3.8) is 0 Å². The van der Waals surface area contributed by atoms with Crippen LogP contribution in [0, 0.1) is 6.92 Å². The summed E-state index contributed by atoms with van der Waals surface area (Å²) in [4.78, 5) is 1.09. The summed E-state index contributed by atoms with van der Waals surface area (Å²) in [6, 6.07) is 12.6. The lowest BCUT2D eigenvalue weighted by molar-refractivity contribution is 0.296. The van der Waals surface area contributed by atoms with Gasteiger partial charge in [-0.15, -0.1) is 24.2 Å². The molecule has 0 aromatic heterocycles. The molecule has 27 heavy (non-hydrogen) atoms. The zero-order valence-corrected chi connectivity index (χ0v) is 18.3. The summed E-state index contributed by atoms with van der Waals surface area (Å²) in [5.74, 6) is 2.51. The van der Waals surface area contributed by atoms with E-state index in [1.165, 1.54) is 11.1 Å². The second kappa shape index (κ2) is 12.8. The quantitative estimate of drug-likeness (QED) is 0.256. The van der Waals surface area contributed by atoms with Crippen molar-refractivity contribution in [2.75, 3.05) is 18.9 Å². The van der Waals surface area contributed by atoms with Crippen LogP contribution in [0.5, 0.6) is 11.5 Å². The van der Waals surface area contributed by atoms with E-state index >= 15 is 0 Å². The van der Waals surface area contributed by atoms with E-state index in [4.69, 9.17) is 15.2 Å². The van der Waals surface area contributed by atoms with Gasteiger partial charge in [0.15, 0.2) is 0 Å². The third kappa shape index (κ3) is 7.94. The molecule has 2 rings (SSSR count). The minimum Gasteiger partial charge on any atom is -0.492 e. The van der Waals surface area contributed by atoms with E-state index in [-0.39, 0.29) is 12.4 Å². The summed E-state index contributed by atoms with van der Waals surface area (Å²) in [5.41, 5.74) is 9.41. The number of thioether (sulfide) groups is 1. The van der Waals surface area contributed by atoms with Gasteiger partial charge in [-0.2, -0.15) is 0 Å². The summed E-state index contributed by atoms with van der Waals surface area (Å²) in [6.45, 7) is 7.83. The highest BCUT2D eigenvalue weighted by Gasteiger charge is 2.12. The molecule has 2 N–H and O–H groups in total. The largest absolute Gasteiger partial charge is 0.492 e. The van der Waals surface area contributed by atoms with Crippen molar-refractivity contribution in [1.29, 1.82) is 0 Å². The van der Waals surface area contributed by atoms with Crippen molar-refractivity contribution in [1.82, 2.24) is 0 Å². The van der Waals surface area contributed by atoms with Crippen molar-refractivity contribution < 1.29 is 9.47 Å². The smallest absolute Gasteiger partial charge is 0.143 e. The van der Waals surface area contributed by atoms with Crippen LogP contribution in [0.1, 0.15) is 50.7 Å². The lowest BCUT2D eigenvalue weighted by atomic mass is 10.2. The fourth-order valence-electron chi connectivity index (χ4n) is 2.41. The number of ether oxygens (including phenoxy) is 2. The Morgan fingerprint density at radius 2 is 1.48 bits per heavy atom. The SMILES string of the molecule is CCCCOc1cc(SCc2ccc(C)cc2)c(OCCCC)cc1N.Cl. The lowest BCUT2D eigenvalue weighted by Gasteiger charge is -2.16. The molecule has 5 heteroatoms. The molecule has 2 aromatic rings. The third-order valence-corrected chi connectivity index (χ3v) is 5.21. The van der Waals surface area contributed by atoms with Crippen LogP contribution in [0.15, 0.2) is 41.3 Å². The van der Waals surface area contributed by atoms with E-state index < -0.39 is 0 Å². The Balaban J connectivity index is 0.00000364. The van der Waals surface area contributed by atoms with Crippen LogP contribution in [0.3, 0.4) is 0 Å². The van der Waals surface area contributed by atoms with Crippen LogP contribution in [-0.2, 0) is 5.75 Å². The molecule has 0 amide bonds. The second-order valence-electron chi connectivity index (χ2n) is 6.52. The molecule has 0 heterocycles. The Bertz CT molecular complexity index is 677.